The predicted molar refractivity (Wildman–Crippen MR) is 351 cm³/mol. The van der Waals surface area contributed by atoms with E-state index in [0.29, 0.717) is 88.6 Å². The maximum Gasteiger partial charge on any atom is 0.295 e. The summed E-state index contributed by atoms with van der Waals surface area (Å²) < 4.78 is 93.7. The van der Waals surface area contributed by atoms with Crippen molar-refractivity contribution in [3.63, 3.8) is 0 Å². The molecule has 0 fully saturated rings. The second-order valence-electron chi connectivity index (χ2n) is 21.9. The molecular weight excluding hydrogens is 1220 g/mol. The minimum atomic E-state index is -4.97. The number of aromatic nitrogens is 3. The normalized spacial score (nSPS) is 13.4. The molecule has 5 N–H and O–H groups in total. The molecule has 3 heterocycles. The Labute approximate surface area is 535 Å². The quantitative estimate of drug-likeness (QED) is 0.0123. The fraction of sp³-hybridized carbons (Fsp3) is 0.358. The van der Waals surface area contributed by atoms with Crippen LogP contribution in [-0.4, -0.2) is 139 Å². The van der Waals surface area contributed by atoms with Gasteiger partial charge in [-0.25, -0.2) is 22.4 Å². The lowest BCUT2D eigenvalue weighted by Gasteiger charge is -2.24. The van der Waals surface area contributed by atoms with Gasteiger partial charge in [0.15, 0.2) is 0 Å². The van der Waals surface area contributed by atoms with E-state index in [0.717, 1.165) is 54.4 Å². The van der Waals surface area contributed by atoms with Crippen LogP contribution in [0.1, 0.15) is 97.0 Å². The number of ether oxygens (including phenoxy) is 3. The van der Waals surface area contributed by atoms with Gasteiger partial charge in [0.2, 0.25) is 27.2 Å². The van der Waals surface area contributed by atoms with Crippen molar-refractivity contribution in [2.24, 2.45) is 0 Å². The monoisotopic (exact) mass is 1300 g/mol. The Hall–Kier alpha value is -8.69. The van der Waals surface area contributed by atoms with Gasteiger partial charge in [-0.2, -0.15) is 8.42 Å². The highest BCUT2D eigenvalue weighted by atomic mass is 32.2. The zero-order valence-corrected chi connectivity index (χ0v) is 54.0. The number of rotatable bonds is 30. The van der Waals surface area contributed by atoms with Gasteiger partial charge in [-0.15, -0.1) is 5.10 Å². The van der Waals surface area contributed by atoms with Crippen LogP contribution in [-0.2, 0) is 57.0 Å². The standard InChI is InChI=1S/C67H78N10O13S2/c1-6-74(7-2)50-24-27-55-60(41-50)90-61-42-51(75(8-3)9-4)25-28-56(61)65(55)57-29-26-52(43-62(57)92(84,85)86)91(82,83)69-32-35-87-37-39-89-40-38-88-36-34-76-45-49(72-73-76)44-68-63(78)30-31-64(79)71-58-18-14-33-77(59-19-13-12-17-54(58)59)67(81)47-20-22-48(23-21-47)70-66(80)53-16-11-10-15-46(53)5/h10-13,15-17,19-29,41-43,45,58,69H,6-9,14,18,30-40,44H2,1-5H3,(H3-,68,70,71,78,79,80,81,84,85,86)/p+1. The Kier molecular flexibility index (Phi) is 23.2. The highest BCUT2D eigenvalue weighted by Gasteiger charge is 2.30. The van der Waals surface area contributed by atoms with Crippen LogP contribution in [0.5, 0.6) is 0 Å². The van der Waals surface area contributed by atoms with E-state index in [9.17, 15) is 40.6 Å². The molecule has 0 spiro atoms. The molecule has 1 aromatic heterocycles. The van der Waals surface area contributed by atoms with Crippen LogP contribution in [0.25, 0.3) is 33.4 Å². The molecule has 1 atom stereocenters. The van der Waals surface area contributed by atoms with E-state index in [2.05, 4.69) is 40.5 Å². The molecule has 25 heteroatoms. The maximum atomic E-state index is 13.9. The summed E-state index contributed by atoms with van der Waals surface area (Å²) in [6.07, 6.45) is 2.80. The fourth-order valence-corrected chi connectivity index (χ4v) is 13.0. The lowest BCUT2D eigenvalue weighted by atomic mass is 9.93. The summed E-state index contributed by atoms with van der Waals surface area (Å²) >= 11 is 0. The van der Waals surface area contributed by atoms with Gasteiger partial charge >= 0.3 is 0 Å². The number of hydrogen-bond donors (Lipinski definition) is 5. The van der Waals surface area contributed by atoms with Crippen molar-refractivity contribution in [2.45, 2.75) is 89.2 Å². The van der Waals surface area contributed by atoms with Gasteiger partial charge in [0, 0.05) is 101 Å². The number of sulfonamides is 1. The molecule has 2 aliphatic heterocycles. The number of anilines is 3. The summed E-state index contributed by atoms with van der Waals surface area (Å²) in [6, 6.07) is 36.2. The van der Waals surface area contributed by atoms with Crippen LogP contribution in [0, 0.1) is 6.92 Å². The first-order chi connectivity index (χ1) is 44.4. The SMILES string of the molecule is CCN(CC)c1ccc2c(-c3ccc(S(=O)(=O)NCCOCCOCCOCCn4cc(CNC(=O)CCC(=O)NC5CCCN(C(=O)c6ccc(NC(=O)c7ccccc7C)cc6)c6ccccc65)nn4)cc3S(=O)(=O)O)c3ccc(=[N+](CC)CC)cc-3oc2c1. The third-order valence-electron chi connectivity index (χ3n) is 16.0. The van der Waals surface area contributed by atoms with E-state index in [1.165, 1.54) is 12.1 Å². The zero-order valence-electron chi connectivity index (χ0n) is 52.4. The Morgan fingerprint density at radius 3 is 2.18 bits per heavy atom. The van der Waals surface area contributed by atoms with E-state index in [1.807, 2.05) is 113 Å². The van der Waals surface area contributed by atoms with Gasteiger partial charge in [-0.1, -0.05) is 47.7 Å². The Morgan fingerprint density at radius 2 is 1.46 bits per heavy atom. The predicted octanol–water partition coefficient (Wildman–Crippen LogP) is 7.98. The molecular formula is C67H79N10O13S2+. The lowest BCUT2D eigenvalue weighted by molar-refractivity contribution is -0.127. The summed E-state index contributed by atoms with van der Waals surface area (Å²) in [6.45, 7) is 15.0. The molecule has 1 unspecified atom stereocenters. The molecule has 92 heavy (non-hydrogen) atoms. The minimum absolute atomic E-state index is 0.0119. The topological polar surface area (TPSA) is 286 Å². The lowest BCUT2D eigenvalue weighted by Crippen LogP contribution is -2.32. The van der Waals surface area contributed by atoms with Crippen molar-refractivity contribution >= 4 is 71.8 Å². The van der Waals surface area contributed by atoms with Crippen molar-refractivity contribution < 1.29 is 59.2 Å². The highest BCUT2D eigenvalue weighted by molar-refractivity contribution is 7.89. The number of nitrogens with zero attached hydrogens (tertiary/aromatic N) is 6. The van der Waals surface area contributed by atoms with Gasteiger partial charge in [0.1, 0.15) is 35.0 Å². The number of para-hydroxylation sites is 1. The smallest absolute Gasteiger partial charge is 0.295 e. The largest absolute Gasteiger partial charge is 0.456 e. The average Bonchev–Trinajstić information content (AvgIpc) is 0.855. The number of carbonyl (C=O) groups excluding carboxylic acids is 4. The van der Waals surface area contributed by atoms with E-state index in [4.69, 9.17) is 18.6 Å². The first-order valence-electron chi connectivity index (χ1n) is 30.9. The second-order valence-corrected chi connectivity index (χ2v) is 25.1. The van der Waals surface area contributed by atoms with Crippen LogP contribution in [0.2, 0.25) is 0 Å². The number of benzene rings is 6. The zero-order chi connectivity index (χ0) is 65.4. The van der Waals surface area contributed by atoms with Crippen molar-refractivity contribution in [2.75, 3.05) is 94.0 Å². The molecule has 3 aliphatic rings. The molecule has 0 radical (unpaired) electrons. The summed E-state index contributed by atoms with van der Waals surface area (Å²) in [7, 11) is -9.24. The third-order valence-corrected chi connectivity index (χ3v) is 18.3. The molecule has 0 bridgehead atoms. The molecule has 6 aromatic rings. The maximum absolute atomic E-state index is 13.9. The third kappa shape index (κ3) is 17.1. The van der Waals surface area contributed by atoms with Gasteiger partial charge < -0.3 is 44.4 Å². The first-order valence-corrected chi connectivity index (χ1v) is 33.8. The Balaban J connectivity index is 0.661. The summed E-state index contributed by atoms with van der Waals surface area (Å²) in [5, 5.41) is 18.5. The summed E-state index contributed by atoms with van der Waals surface area (Å²) in [5.74, 6) is -0.583. The number of aryl methyl sites for hydroxylation is 1. The first kappa shape index (κ1) is 67.7. The number of nitrogens with one attached hydrogen (secondary N) is 4. The van der Waals surface area contributed by atoms with Crippen molar-refractivity contribution in [1.82, 2.24) is 34.9 Å². The second kappa shape index (κ2) is 31.6. The van der Waals surface area contributed by atoms with Crippen LogP contribution in [0.3, 0.4) is 0 Å². The molecule has 0 saturated heterocycles. The van der Waals surface area contributed by atoms with Crippen molar-refractivity contribution in [3.05, 3.63) is 167 Å². The van der Waals surface area contributed by atoms with Crippen molar-refractivity contribution in [1.29, 1.82) is 0 Å². The molecule has 1 aliphatic carbocycles. The van der Waals surface area contributed by atoms with Crippen LogP contribution in [0.15, 0.2) is 148 Å². The number of fused-ring (bicyclic) bond motifs is 3. The molecule has 4 amide bonds. The van der Waals surface area contributed by atoms with Crippen LogP contribution < -0.4 is 40.4 Å². The van der Waals surface area contributed by atoms with Gasteiger partial charge in [0.25, 0.3) is 21.9 Å². The highest BCUT2D eigenvalue weighted by Crippen LogP contribution is 2.44. The van der Waals surface area contributed by atoms with Crippen LogP contribution >= 0.6 is 0 Å². The summed E-state index contributed by atoms with van der Waals surface area (Å²) in [4.78, 5) is 55.8. The number of hydrogen-bond acceptors (Lipinski definition) is 15. The molecule has 0 saturated carbocycles. The molecule has 23 nitrogen and oxygen atoms in total. The summed E-state index contributed by atoms with van der Waals surface area (Å²) in [5.41, 5.74) is 6.99. The molecule has 5 aromatic carbocycles. The van der Waals surface area contributed by atoms with Gasteiger partial charge in [-0.05, 0) is 125 Å². The number of carbonyl (C=O) groups is 4. The minimum Gasteiger partial charge on any atom is -0.456 e. The van der Waals surface area contributed by atoms with Gasteiger partial charge in [0.05, 0.1) is 75.9 Å². The fourth-order valence-electron chi connectivity index (χ4n) is 11.1. The van der Waals surface area contributed by atoms with Crippen LogP contribution in [0.4, 0.5) is 17.1 Å². The van der Waals surface area contributed by atoms with E-state index in [1.54, 1.807) is 46.1 Å². The van der Waals surface area contributed by atoms with Crippen molar-refractivity contribution in [3.8, 4) is 22.5 Å². The van der Waals surface area contributed by atoms with E-state index < -0.39 is 25.0 Å². The van der Waals surface area contributed by atoms with E-state index in [-0.39, 0.29) is 99.1 Å². The Morgan fingerprint density at radius 1 is 0.761 bits per heavy atom. The average molecular weight is 1300 g/mol. The number of amides is 4. The molecule has 9 rings (SSSR count). The molecule has 486 valence electrons. The van der Waals surface area contributed by atoms with Gasteiger partial charge in [-0.3, -0.25) is 23.7 Å². The Bertz CT molecular complexity index is 4180. The van der Waals surface area contributed by atoms with E-state index >= 15 is 0 Å².